The summed E-state index contributed by atoms with van der Waals surface area (Å²) in [6, 6.07) is 7.19. The Kier molecular flexibility index (Phi) is 6.39. The molecule has 3 heterocycles. The van der Waals surface area contributed by atoms with Gasteiger partial charge < -0.3 is 9.80 Å². The molecule has 2 fully saturated rings. The molecule has 2 amide bonds. The number of aromatic nitrogens is 2. The standard InChI is InChI=1S/C22H28ClN5O2/c1-17(21(29)26-9-3-2-4-10-26)25-11-13-27(14-12-25)22(30)18-15-24-28(16-18)20-7-5-19(23)6-8-20/h5-8,15-17H,2-4,9-14H2,1H3. The number of carbonyl (C=O) groups excluding carboxylic acids is 2. The van der Waals surface area contributed by atoms with Gasteiger partial charge in [-0.15, -0.1) is 0 Å². The molecule has 0 N–H and O–H groups in total. The van der Waals surface area contributed by atoms with Crippen molar-refractivity contribution < 1.29 is 9.59 Å². The SMILES string of the molecule is CC(C(=O)N1CCCCC1)N1CCN(C(=O)c2cnn(-c3ccc(Cl)cc3)c2)CC1. The van der Waals surface area contributed by atoms with Crippen LogP contribution < -0.4 is 0 Å². The third-order valence-corrected chi connectivity index (χ3v) is 6.35. The summed E-state index contributed by atoms with van der Waals surface area (Å²) in [5.41, 5.74) is 1.42. The lowest BCUT2D eigenvalue weighted by atomic mass is 10.1. The molecule has 0 bridgehead atoms. The average Bonchev–Trinajstić information content (AvgIpc) is 3.29. The number of benzene rings is 1. The molecule has 1 unspecified atom stereocenters. The Balaban J connectivity index is 1.33. The predicted molar refractivity (Wildman–Crippen MR) is 116 cm³/mol. The number of rotatable bonds is 4. The number of piperidine rings is 1. The summed E-state index contributed by atoms with van der Waals surface area (Å²) in [6.45, 7) is 6.38. The minimum absolute atomic E-state index is 0.0233. The van der Waals surface area contributed by atoms with Crippen molar-refractivity contribution in [2.24, 2.45) is 0 Å². The highest BCUT2D eigenvalue weighted by Gasteiger charge is 2.31. The zero-order chi connectivity index (χ0) is 21.1. The molecule has 160 valence electrons. The van der Waals surface area contributed by atoms with E-state index in [0.29, 0.717) is 36.8 Å². The van der Waals surface area contributed by atoms with Gasteiger partial charge in [-0.1, -0.05) is 11.6 Å². The predicted octanol–water partition coefficient (Wildman–Crippen LogP) is 2.68. The van der Waals surface area contributed by atoms with E-state index in [0.717, 1.165) is 31.6 Å². The van der Waals surface area contributed by atoms with Crippen LogP contribution in [0.5, 0.6) is 0 Å². The van der Waals surface area contributed by atoms with E-state index in [1.54, 1.807) is 29.2 Å². The van der Waals surface area contributed by atoms with Gasteiger partial charge in [0.15, 0.2) is 0 Å². The Hall–Kier alpha value is -2.38. The Bertz CT molecular complexity index is 883. The van der Waals surface area contributed by atoms with E-state index >= 15 is 0 Å². The van der Waals surface area contributed by atoms with Crippen LogP contribution in [-0.2, 0) is 4.79 Å². The first kappa shape index (κ1) is 20.9. The molecule has 8 heteroatoms. The van der Waals surface area contributed by atoms with Crippen molar-refractivity contribution in [2.45, 2.75) is 32.2 Å². The van der Waals surface area contributed by atoms with Crippen molar-refractivity contribution in [3.63, 3.8) is 0 Å². The average molecular weight is 430 g/mol. The van der Waals surface area contributed by atoms with E-state index in [2.05, 4.69) is 10.00 Å². The van der Waals surface area contributed by atoms with Gasteiger partial charge in [-0.25, -0.2) is 4.68 Å². The number of hydrogen-bond donors (Lipinski definition) is 0. The van der Waals surface area contributed by atoms with Gasteiger partial charge in [-0.3, -0.25) is 14.5 Å². The van der Waals surface area contributed by atoms with Crippen molar-refractivity contribution in [2.75, 3.05) is 39.3 Å². The maximum Gasteiger partial charge on any atom is 0.257 e. The van der Waals surface area contributed by atoms with Crippen molar-refractivity contribution in [1.82, 2.24) is 24.5 Å². The quantitative estimate of drug-likeness (QED) is 0.749. The largest absolute Gasteiger partial charge is 0.341 e. The first-order chi connectivity index (χ1) is 14.5. The van der Waals surface area contributed by atoms with Crippen LogP contribution in [0.3, 0.4) is 0 Å². The number of carbonyl (C=O) groups is 2. The van der Waals surface area contributed by atoms with E-state index in [9.17, 15) is 9.59 Å². The zero-order valence-electron chi connectivity index (χ0n) is 17.3. The molecule has 2 aromatic rings. The fourth-order valence-corrected chi connectivity index (χ4v) is 4.32. The van der Waals surface area contributed by atoms with Gasteiger partial charge in [-0.05, 0) is 50.5 Å². The summed E-state index contributed by atoms with van der Waals surface area (Å²) >= 11 is 5.94. The summed E-state index contributed by atoms with van der Waals surface area (Å²) < 4.78 is 1.68. The molecular weight excluding hydrogens is 402 g/mol. The lowest BCUT2D eigenvalue weighted by molar-refractivity contribution is -0.137. The smallest absolute Gasteiger partial charge is 0.257 e. The fraction of sp³-hybridized carbons (Fsp3) is 0.500. The second-order valence-electron chi connectivity index (χ2n) is 8.04. The van der Waals surface area contributed by atoms with E-state index < -0.39 is 0 Å². The van der Waals surface area contributed by atoms with Crippen molar-refractivity contribution in [3.05, 3.63) is 47.2 Å². The maximum atomic E-state index is 12.9. The fourth-order valence-electron chi connectivity index (χ4n) is 4.20. The van der Waals surface area contributed by atoms with E-state index in [1.165, 1.54) is 6.42 Å². The first-order valence-corrected chi connectivity index (χ1v) is 11.0. The van der Waals surface area contributed by atoms with Gasteiger partial charge in [0, 0.05) is 50.5 Å². The molecular formula is C22H28ClN5O2. The second-order valence-corrected chi connectivity index (χ2v) is 8.48. The summed E-state index contributed by atoms with van der Waals surface area (Å²) in [5.74, 6) is 0.198. The number of nitrogens with zero attached hydrogens (tertiary/aromatic N) is 5. The summed E-state index contributed by atoms with van der Waals surface area (Å²) in [4.78, 5) is 31.7. The number of piperazine rings is 1. The van der Waals surface area contributed by atoms with Gasteiger partial charge in [0.1, 0.15) is 0 Å². The first-order valence-electron chi connectivity index (χ1n) is 10.7. The van der Waals surface area contributed by atoms with Crippen molar-refractivity contribution >= 4 is 23.4 Å². The second kappa shape index (κ2) is 9.18. The van der Waals surface area contributed by atoms with Gasteiger partial charge in [-0.2, -0.15) is 5.10 Å². The highest BCUT2D eigenvalue weighted by molar-refractivity contribution is 6.30. The molecule has 1 aromatic heterocycles. The maximum absolute atomic E-state index is 12.9. The molecule has 0 aliphatic carbocycles. The van der Waals surface area contributed by atoms with Crippen LogP contribution in [0.4, 0.5) is 0 Å². The van der Waals surface area contributed by atoms with Crippen LogP contribution in [0.1, 0.15) is 36.5 Å². The van der Waals surface area contributed by atoms with Gasteiger partial charge in [0.2, 0.25) is 5.91 Å². The molecule has 4 rings (SSSR count). The van der Waals surface area contributed by atoms with Gasteiger partial charge in [0.25, 0.3) is 5.91 Å². The van der Waals surface area contributed by atoms with E-state index in [4.69, 9.17) is 11.6 Å². The van der Waals surface area contributed by atoms with Gasteiger partial charge >= 0.3 is 0 Å². The molecule has 0 spiro atoms. The summed E-state index contributed by atoms with van der Waals surface area (Å²) in [6.07, 6.45) is 6.77. The number of halogens is 1. The van der Waals surface area contributed by atoms with Crippen LogP contribution >= 0.6 is 11.6 Å². The lowest BCUT2D eigenvalue weighted by Crippen LogP contribution is -2.56. The van der Waals surface area contributed by atoms with Crippen LogP contribution in [0.25, 0.3) is 5.69 Å². The number of likely N-dealkylation sites (tertiary alicyclic amines) is 1. The van der Waals surface area contributed by atoms with E-state index in [-0.39, 0.29) is 17.9 Å². The summed E-state index contributed by atoms with van der Waals surface area (Å²) in [5, 5.41) is 4.98. The molecule has 2 aliphatic rings. The van der Waals surface area contributed by atoms with E-state index in [1.807, 2.05) is 28.9 Å². The van der Waals surface area contributed by atoms with Crippen molar-refractivity contribution in [1.29, 1.82) is 0 Å². The zero-order valence-corrected chi connectivity index (χ0v) is 18.1. The van der Waals surface area contributed by atoms with Crippen LogP contribution in [0.2, 0.25) is 5.02 Å². The minimum Gasteiger partial charge on any atom is -0.341 e. The van der Waals surface area contributed by atoms with Crippen LogP contribution in [0, 0.1) is 0 Å². The number of amides is 2. The Morgan fingerprint density at radius 3 is 2.27 bits per heavy atom. The van der Waals surface area contributed by atoms with Crippen molar-refractivity contribution in [3.8, 4) is 5.69 Å². The molecule has 7 nitrogen and oxygen atoms in total. The Morgan fingerprint density at radius 2 is 1.60 bits per heavy atom. The summed E-state index contributed by atoms with van der Waals surface area (Å²) in [7, 11) is 0. The van der Waals surface area contributed by atoms with Crippen LogP contribution in [-0.4, -0.2) is 81.6 Å². The highest BCUT2D eigenvalue weighted by atomic mass is 35.5. The number of hydrogen-bond acceptors (Lipinski definition) is 4. The monoisotopic (exact) mass is 429 g/mol. The van der Waals surface area contributed by atoms with Crippen LogP contribution in [0.15, 0.2) is 36.7 Å². The molecule has 0 saturated carbocycles. The highest BCUT2D eigenvalue weighted by Crippen LogP contribution is 2.17. The topological polar surface area (TPSA) is 61.7 Å². The molecule has 30 heavy (non-hydrogen) atoms. The van der Waals surface area contributed by atoms with Gasteiger partial charge in [0.05, 0.1) is 23.5 Å². The Labute approximate surface area is 182 Å². The third-order valence-electron chi connectivity index (χ3n) is 6.10. The normalized spacial score (nSPS) is 19.0. The molecule has 0 radical (unpaired) electrons. The third kappa shape index (κ3) is 4.52. The minimum atomic E-state index is -0.131. The molecule has 2 saturated heterocycles. The molecule has 2 aliphatic heterocycles. The lowest BCUT2D eigenvalue weighted by Gasteiger charge is -2.39. The molecule has 1 atom stereocenters. The molecule has 1 aromatic carbocycles. The Morgan fingerprint density at radius 1 is 0.933 bits per heavy atom.